The lowest BCUT2D eigenvalue weighted by atomic mass is 9.75. The highest BCUT2D eigenvalue weighted by Crippen LogP contribution is 2.34. The average molecular weight is 167 g/mol. The second-order valence-electron chi connectivity index (χ2n) is 3.77. The van der Waals surface area contributed by atoms with Crippen LogP contribution in [0.5, 0.6) is 0 Å². The molecule has 68 valence electrons. The van der Waals surface area contributed by atoms with Crippen LogP contribution in [0, 0.1) is 0 Å². The number of nitrogens with one attached hydrogen (secondary N) is 2. The molecule has 3 heteroatoms. The largest absolute Gasteiger partial charge is 0.355 e. The maximum absolute atomic E-state index is 4.34. The number of nitrogens with zero attached hydrogens (tertiary/aromatic N) is 1. The van der Waals surface area contributed by atoms with E-state index in [1.54, 1.807) is 0 Å². The summed E-state index contributed by atoms with van der Waals surface area (Å²) in [5.41, 5.74) is 0.385. The van der Waals surface area contributed by atoms with Crippen LogP contribution in [0.2, 0.25) is 0 Å². The van der Waals surface area contributed by atoms with Gasteiger partial charge in [0.25, 0.3) is 0 Å². The first-order chi connectivity index (χ1) is 5.85. The number of guanidine groups is 1. The number of rotatable bonds is 2. The minimum atomic E-state index is 0.385. The van der Waals surface area contributed by atoms with Crippen LogP contribution in [-0.4, -0.2) is 24.6 Å². The Bertz CT molecular complexity index is 188. The fourth-order valence-corrected chi connectivity index (χ4v) is 1.90. The Morgan fingerprint density at radius 1 is 1.58 bits per heavy atom. The van der Waals surface area contributed by atoms with Gasteiger partial charge in [-0.15, -0.1) is 0 Å². The van der Waals surface area contributed by atoms with Gasteiger partial charge in [-0.25, -0.2) is 0 Å². The van der Waals surface area contributed by atoms with Crippen molar-refractivity contribution >= 4 is 5.96 Å². The van der Waals surface area contributed by atoms with Crippen LogP contribution in [-0.2, 0) is 0 Å². The third-order valence-electron chi connectivity index (χ3n) is 3.05. The van der Waals surface area contributed by atoms with Crippen molar-refractivity contribution in [2.24, 2.45) is 4.99 Å². The van der Waals surface area contributed by atoms with Crippen LogP contribution in [0.15, 0.2) is 4.99 Å². The molecule has 0 radical (unpaired) electrons. The first-order valence-corrected chi connectivity index (χ1v) is 4.91. The van der Waals surface area contributed by atoms with Gasteiger partial charge in [-0.2, -0.15) is 0 Å². The van der Waals surface area contributed by atoms with E-state index in [0.717, 1.165) is 19.0 Å². The zero-order chi connectivity index (χ0) is 8.44. The van der Waals surface area contributed by atoms with E-state index in [4.69, 9.17) is 0 Å². The second kappa shape index (κ2) is 2.96. The zero-order valence-corrected chi connectivity index (χ0v) is 7.69. The van der Waals surface area contributed by atoms with Gasteiger partial charge in [-0.05, 0) is 25.7 Å². The molecule has 2 N–H and O–H groups in total. The van der Waals surface area contributed by atoms with E-state index < -0.39 is 0 Å². The SMILES string of the molecule is CCC1(NC2=NCCN2)CCC1. The van der Waals surface area contributed by atoms with Gasteiger partial charge >= 0.3 is 0 Å². The maximum atomic E-state index is 4.34. The summed E-state index contributed by atoms with van der Waals surface area (Å²) in [5.74, 6) is 1.02. The standard InChI is InChI=1S/C9H17N3/c1-2-9(4-3-5-9)12-8-10-6-7-11-8/h2-7H2,1H3,(H2,10,11,12). The topological polar surface area (TPSA) is 36.4 Å². The van der Waals surface area contributed by atoms with E-state index in [9.17, 15) is 0 Å². The fourth-order valence-electron chi connectivity index (χ4n) is 1.90. The van der Waals surface area contributed by atoms with Gasteiger partial charge in [-0.3, -0.25) is 4.99 Å². The summed E-state index contributed by atoms with van der Waals surface area (Å²) in [6, 6.07) is 0. The fraction of sp³-hybridized carbons (Fsp3) is 0.889. The highest BCUT2D eigenvalue weighted by molar-refractivity contribution is 5.82. The van der Waals surface area contributed by atoms with Crippen LogP contribution < -0.4 is 10.6 Å². The van der Waals surface area contributed by atoms with Crippen LogP contribution >= 0.6 is 0 Å². The molecule has 0 aromatic heterocycles. The summed E-state index contributed by atoms with van der Waals surface area (Å²) < 4.78 is 0. The Balaban J connectivity index is 1.91. The van der Waals surface area contributed by atoms with Crippen molar-refractivity contribution in [2.45, 2.75) is 38.1 Å². The van der Waals surface area contributed by atoms with E-state index >= 15 is 0 Å². The minimum absolute atomic E-state index is 0.385. The third-order valence-corrected chi connectivity index (χ3v) is 3.05. The molecule has 1 heterocycles. The molecule has 0 aromatic carbocycles. The molecule has 2 rings (SSSR count). The van der Waals surface area contributed by atoms with Gasteiger partial charge < -0.3 is 10.6 Å². The Hall–Kier alpha value is -0.730. The van der Waals surface area contributed by atoms with Crippen molar-refractivity contribution in [3.63, 3.8) is 0 Å². The normalized spacial score (nSPS) is 25.6. The van der Waals surface area contributed by atoms with Gasteiger partial charge in [0, 0.05) is 12.1 Å². The van der Waals surface area contributed by atoms with Crippen LogP contribution in [0.1, 0.15) is 32.6 Å². The van der Waals surface area contributed by atoms with Gasteiger partial charge in [0.1, 0.15) is 0 Å². The van der Waals surface area contributed by atoms with Crippen LogP contribution in [0.3, 0.4) is 0 Å². The van der Waals surface area contributed by atoms with Gasteiger partial charge in [0.2, 0.25) is 0 Å². The number of hydrogen-bond donors (Lipinski definition) is 2. The summed E-state index contributed by atoms with van der Waals surface area (Å²) in [6.45, 7) is 4.19. The predicted molar refractivity (Wildman–Crippen MR) is 50.3 cm³/mol. The van der Waals surface area contributed by atoms with Gasteiger partial charge in [0.15, 0.2) is 5.96 Å². The van der Waals surface area contributed by atoms with Crippen LogP contribution in [0.25, 0.3) is 0 Å². The van der Waals surface area contributed by atoms with Crippen LogP contribution in [0.4, 0.5) is 0 Å². The molecule has 1 saturated carbocycles. The van der Waals surface area contributed by atoms with E-state index in [-0.39, 0.29) is 0 Å². The Morgan fingerprint density at radius 3 is 2.83 bits per heavy atom. The van der Waals surface area contributed by atoms with Crippen molar-refractivity contribution in [1.29, 1.82) is 0 Å². The molecule has 0 spiro atoms. The molecule has 1 aliphatic heterocycles. The summed E-state index contributed by atoms with van der Waals surface area (Å²) in [4.78, 5) is 4.34. The lowest BCUT2D eigenvalue weighted by molar-refractivity contribution is 0.208. The highest BCUT2D eigenvalue weighted by atomic mass is 15.2. The van der Waals surface area contributed by atoms with Crippen molar-refractivity contribution in [1.82, 2.24) is 10.6 Å². The monoisotopic (exact) mass is 167 g/mol. The molecular weight excluding hydrogens is 150 g/mol. The number of aliphatic imine (C=N–C) groups is 1. The van der Waals surface area contributed by atoms with Gasteiger partial charge in [-0.1, -0.05) is 6.92 Å². The second-order valence-corrected chi connectivity index (χ2v) is 3.77. The van der Waals surface area contributed by atoms with Crippen molar-refractivity contribution in [3.05, 3.63) is 0 Å². The predicted octanol–water partition coefficient (Wildman–Crippen LogP) is 0.868. The molecule has 0 atom stereocenters. The molecule has 0 saturated heterocycles. The molecule has 1 aliphatic carbocycles. The highest BCUT2D eigenvalue weighted by Gasteiger charge is 2.35. The summed E-state index contributed by atoms with van der Waals surface area (Å²) in [7, 11) is 0. The molecule has 0 aromatic rings. The lowest BCUT2D eigenvalue weighted by Gasteiger charge is -2.42. The van der Waals surface area contributed by atoms with E-state index in [0.29, 0.717) is 5.54 Å². The molecule has 1 fully saturated rings. The molecule has 2 aliphatic rings. The summed E-state index contributed by atoms with van der Waals surface area (Å²) >= 11 is 0. The average Bonchev–Trinajstić information content (AvgIpc) is 2.49. The van der Waals surface area contributed by atoms with E-state index in [1.165, 1.54) is 25.7 Å². The summed E-state index contributed by atoms with van der Waals surface area (Å²) in [6.07, 6.45) is 5.20. The van der Waals surface area contributed by atoms with Crippen molar-refractivity contribution < 1.29 is 0 Å². The molecule has 3 nitrogen and oxygen atoms in total. The zero-order valence-electron chi connectivity index (χ0n) is 7.69. The third kappa shape index (κ3) is 1.28. The first kappa shape index (κ1) is 7.90. The first-order valence-electron chi connectivity index (χ1n) is 4.91. The quantitative estimate of drug-likeness (QED) is 0.640. The lowest BCUT2D eigenvalue weighted by Crippen LogP contribution is -2.55. The minimum Gasteiger partial charge on any atom is -0.355 e. The molecule has 0 amide bonds. The van der Waals surface area contributed by atoms with E-state index in [2.05, 4.69) is 22.5 Å². The number of hydrogen-bond acceptors (Lipinski definition) is 3. The van der Waals surface area contributed by atoms with Gasteiger partial charge in [0.05, 0.1) is 6.54 Å². The molecular formula is C9H17N3. The smallest absolute Gasteiger partial charge is 0.191 e. The van der Waals surface area contributed by atoms with E-state index in [1.807, 2.05) is 0 Å². The Morgan fingerprint density at radius 2 is 2.42 bits per heavy atom. The van der Waals surface area contributed by atoms with Crippen molar-refractivity contribution in [3.8, 4) is 0 Å². The molecule has 12 heavy (non-hydrogen) atoms. The molecule has 0 bridgehead atoms. The summed E-state index contributed by atoms with van der Waals surface area (Å²) in [5, 5.41) is 6.77. The Labute approximate surface area is 73.6 Å². The molecule has 0 unspecified atom stereocenters. The Kier molecular flexibility index (Phi) is 1.95. The maximum Gasteiger partial charge on any atom is 0.191 e. The van der Waals surface area contributed by atoms with Crippen molar-refractivity contribution in [2.75, 3.05) is 13.1 Å².